The maximum absolute atomic E-state index is 14.1. The Labute approximate surface area is 423 Å². The molecule has 0 bridgehead atoms. The molecule has 0 amide bonds. The third-order valence-corrected chi connectivity index (χ3v) is 16.1. The molecule has 6 aromatic rings. The van der Waals surface area contributed by atoms with Crippen LogP contribution in [0.1, 0.15) is 54.2 Å². The number of halogens is 4. The Bertz CT molecular complexity index is 2870. The number of nitrogens with zero attached hydrogens (tertiary/aromatic N) is 4. The van der Waals surface area contributed by atoms with Crippen LogP contribution in [0.2, 0.25) is 5.02 Å². The minimum absolute atomic E-state index is 0.161. The molecule has 11 nitrogen and oxygen atoms in total. The van der Waals surface area contributed by atoms with Crippen LogP contribution in [0.15, 0.2) is 131 Å². The summed E-state index contributed by atoms with van der Waals surface area (Å²) in [7, 11) is -4.28. The molecule has 376 valence electrons. The number of rotatable bonds is 19. The molecule has 0 saturated carbocycles. The number of nitrogens with one attached hydrogen (secondary N) is 2. The summed E-state index contributed by atoms with van der Waals surface area (Å²) in [4.78, 5) is 20.3. The van der Waals surface area contributed by atoms with Crippen molar-refractivity contribution in [2.75, 3.05) is 71.4 Å². The smallest absolute Gasteiger partial charge is 0.393 e. The van der Waals surface area contributed by atoms with Crippen molar-refractivity contribution < 1.29 is 36.6 Å². The Morgan fingerprint density at radius 2 is 1.49 bits per heavy atom. The molecule has 1 aromatic heterocycles. The number of anilines is 4. The van der Waals surface area contributed by atoms with Gasteiger partial charge in [-0.05, 0) is 128 Å². The quantitative estimate of drug-likeness (QED) is 0.0582. The average Bonchev–Trinajstić information content (AvgIpc) is 3.65. The number of hydrogen-bond acceptors (Lipinski definition) is 9. The standard InChI is InChI=1S/C54H60ClF3N6O5S2/c1-3-25-64-37(2)50(53(66)67)51(52(64)38-12-14-41(55)15-13-38)39-8-7-9-45(33-39)63-31-29-62(30-32-63)44-18-16-42(17-19-44)60-71(68,69)48-20-21-49(40(34-48)35-54(56,57)58)59-43(36-70-47-10-5-4-6-11-47)22-26-61-27-23-46(65)24-28-61/h4-21,33-34,43,46,59-60,65H,3,22-32,35-36H2,1-2H3,(H,66,67)/t43-/m1/s1. The Kier molecular flexibility index (Phi) is 16.6. The molecule has 71 heavy (non-hydrogen) atoms. The number of piperazine rings is 1. The average molecular weight is 1030 g/mol. The summed E-state index contributed by atoms with van der Waals surface area (Å²) in [6.45, 7) is 9.44. The maximum atomic E-state index is 14.1. The van der Waals surface area contributed by atoms with Crippen molar-refractivity contribution >= 4 is 62.1 Å². The molecule has 0 unspecified atom stereocenters. The van der Waals surface area contributed by atoms with Gasteiger partial charge in [0.15, 0.2) is 0 Å². The van der Waals surface area contributed by atoms with E-state index < -0.39 is 28.6 Å². The molecular weight excluding hydrogens is 969 g/mol. The number of carboxylic acid groups (broad SMARTS) is 1. The number of aliphatic hydroxyl groups excluding tert-OH is 1. The summed E-state index contributed by atoms with van der Waals surface area (Å²) in [5, 5.41) is 24.5. The van der Waals surface area contributed by atoms with Crippen LogP contribution < -0.4 is 19.8 Å². The SMILES string of the molecule is CCCn1c(C)c(C(=O)O)c(-c2cccc(N3CCN(c4ccc(NS(=O)(=O)c5ccc(N[C@H](CCN6CCC(O)CC6)CSc6ccccc6)c(CC(F)(F)F)c5)cc4)CC3)c2)c1-c1ccc(Cl)cc1. The van der Waals surface area contributed by atoms with Crippen molar-refractivity contribution in [3.63, 3.8) is 0 Å². The second-order valence-electron chi connectivity index (χ2n) is 18.3. The zero-order chi connectivity index (χ0) is 50.3. The van der Waals surface area contributed by atoms with Gasteiger partial charge in [0.1, 0.15) is 0 Å². The first-order valence-corrected chi connectivity index (χ1v) is 26.9. The first-order valence-electron chi connectivity index (χ1n) is 24.0. The number of carbonyl (C=O) groups is 1. The van der Waals surface area contributed by atoms with Crippen LogP contribution >= 0.6 is 23.4 Å². The van der Waals surface area contributed by atoms with Gasteiger partial charge in [-0.2, -0.15) is 13.2 Å². The van der Waals surface area contributed by atoms with Crippen molar-refractivity contribution in [3.8, 4) is 22.4 Å². The molecule has 8 rings (SSSR count). The van der Waals surface area contributed by atoms with Gasteiger partial charge >= 0.3 is 12.1 Å². The highest BCUT2D eigenvalue weighted by Gasteiger charge is 2.32. The van der Waals surface area contributed by atoms with Gasteiger partial charge in [0.05, 0.1) is 28.7 Å². The summed E-state index contributed by atoms with van der Waals surface area (Å²) < 4.78 is 74.6. The van der Waals surface area contributed by atoms with Crippen LogP contribution in [0.4, 0.5) is 35.9 Å². The lowest BCUT2D eigenvalue weighted by Gasteiger charge is -2.37. The van der Waals surface area contributed by atoms with E-state index in [1.807, 2.05) is 91.9 Å². The Morgan fingerprint density at radius 1 is 0.817 bits per heavy atom. The number of hydrogen-bond donors (Lipinski definition) is 4. The van der Waals surface area contributed by atoms with E-state index >= 15 is 0 Å². The molecule has 3 heterocycles. The highest BCUT2D eigenvalue weighted by atomic mass is 35.5. The van der Waals surface area contributed by atoms with Gasteiger partial charge in [0.2, 0.25) is 0 Å². The van der Waals surface area contributed by atoms with Crippen LogP contribution in [0.25, 0.3) is 22.4 Å². The number of sulfonamides is 1. The van der Waals surface area contributed by atoms with Gasteiger partial charge in [0.25, 0.3) is 10.0 Å². The zero-order valence-electron chi connectivity index (χ0n) is 39.8. The molecule has 2 saturated heterocycles. The van der Waals surface area contributed by atoms with E-state index in [2.05, 4.69) is 42.3 Å². The Morgan fingerprint density at radius 3 is 2.14 bits per heavy atom. The fourth-order valence-corrected chi connectivity index (χ4v) is 11.8. The third-order valence-electron chi connectivity index (χ3n) is 13.2. The summed E-state index contributed by atoms with van der Waals surface area (Å²) in [6, 6.07) is 35.9. The number of carboxylic acids is 1. The number of piperidine rings is 1. The minimum atomic E-state index is -4.59. The molecule has 1 atom stereocenters. The van der Waals surface area contributed by atoms with E-state index in [-0.39, 0.29) is 39.5 Å². The largest absolute Gasteiger partial charge is 0.478 e. The number of benzene rings is 5. The molecule has 0 spiro atoms. The van der Waals surface area contributed by atoms with Crippen molar-refractivity contribution in [1.29, 1.82) is 0 Å². The topological polar surface area (TPSA) is 130 Å². The van der Waals surface area contributed by atoms with E-state index in [0.717, 1.165) is 58.7 Å². The van der Waals surface area contributed by atoms with Crippen LogP contribution in [0, 0.1) is 6.92 Å². The van der Waals surface area contributed by atoms with Gasteiger partial charge in [-0.25, -0.2) is 13.2 Å². The van der Waals surface area contributed by atoms with Gasteiger partial charge in [-0.1, -0.05) is 61.0 Å². The highest BCUT2D eigenvalue weighted by molar-refractivity contribution is 7.99. The maximum Gasteiger partial charge on any atom is 0.393 e. The summed E-state index contributed by atoms with van der Waals surface area (Å²) in [5.74, 6) is -0.412. The minimum Gasteiger partial charge on any atom is -0.478 e. The van der Waals surface area contributed by atoms with E-state index in [1.54, 1.807) is 23.9 Å². The van der Waals surface area contributed by atoms with E-state index in [1.165, 1.54) is 12.1 Å². The summed E-state index contributed by atoms with van der Waals surface area (Å²) >= 11 is 7.86. The van der Waals surface area contributed by atoms with Crippen LogP contribution in [-0.4, -0.2) is 104 Å². The molecule has 2 aliphatic heterocycles. The lowest BCUT2D eigenvalue weighted by molar-refractivity contribution is -0.127. The predicted octanol–water partition coefficient (Wildman–Crippen LogP) is 11.5. The zero-order valence-corrected chi connectivity index (χ0v) is 42.2. The Hall–Kier alpha value is -5.65. The molecule has 5 aromatic carbocycles. The lowest BCUT2D eigenvalue weighted by atomic mass is 9.96. The van der Waals surface area contributed by atoms with Crippen molar-refractivity contribution in [2.45, 2.75) is 80.6 Å². The highest BCUT2D eigenvalue weighted by Crippen LogP contribution is 2.41. The normalized spacial score (nSPS) is 15.5. The van der Waals surface area contributed by atoms with E-state index in [0.29, 0.717) is 80.6 Å². The van der Waals surface area contributed by atoms with Crippen LogP contribution in [0.3, 0.4) is 0 Å². The first-order chi connectivity index (χ1) is 34.0. The van der Waals surface area contributed by atoms with Gasteiger partial charge in [-0.3, -0.25) is 4.72 Å². The van der Waals surface area contributed by atoms with E-state index in [4.69, 9.17) is 11.6 Å². The number of aromatic carboxylic acids is 1. The fourth-order valence-electron chi connectivity index (χ4n) is 9.58. The molecule has 0 aliphatic carbocycles. The second-order valence-corrected chi connectivity index (χ2v) is 21.5. The van der Waals surface area contributed by atoms with Gasteiger partial charge in [-0.15, -0.1) is 11.8 Å². The molecular formula is C54H60ClF3N6O5S2. The van der Waals surface area contributed by atoms with Crippen molar-refractivity contribution in [3.05, 3.63) is 143 Å². The molecule has 4 N–H and O–H groups in total. The molecule has 0 radical (unpaired) electrons. The number of aliphatic hydroxyl groups is 1. The van der Waals surface area contributed by atoms with Crippen LogP contribution in [-0.2, 0) is 23.0 Å². The monoisotopic (exact) mass is 1030 g/mol. The lowest BCUT2D eigenvalue weighted by Crippen LogP contribution is -2.46. The van der Waals surface area contributed by atoms with Crippen LogP contribution in [0.5, 0.6) is 0 Å². The van der Waals surface area contributed by atoms with Gasteiger partial charge < -0.3 is 34.8 Å². The fraction of sp³-hybridized carbons (Fsp3) is 0.352. The number of aromatic nitrogens is 1. The van der Waals surface area contributed by atoms with Crippen molar-refractivity contribution in [1.82, 2.24) is 9.47 Å². The number of likely N-dealkylation sites (tertiary alicyclic amines) is 1. The number of thioether (sulfide) groups is 1. The molecule has 17 heteroatoms. The molecule has 2 fully saturated rings. The molecule has 2 aliphatic rings. The predicted molar refractivity (Wildman–Crippen MR) is 281 cm³/mol. The first kappa shape index (κ1) is 51.7. The second kappa shape index (κ2) is 22.8. The summed E-state index contributed by atoms with van der Waals surface area (Å²) in [5.41, 5.74) is 6.34. The van der Waals surface area contributed by atoms with E-state index in [9.17, 15) is 36.6 Å². The van der Waals surface area contributed by atoms with Gasteiger partial charge in [0, 0.05) is 108 Å². The Balaban J connectivity index is 0.940. The summed E-state index contributed by atoms with van der Waals surface area (Å²) in [6.07, 6.45) is -3.39. The van der Waals surface area contributed by atoms with Crippen molar-refractivity contribution in [2.24, 2.45) is 0 Å². The number of alkyl halides is 3. The third kappa shape index (κ3) is 13.1.